The quantitative estimate of drug-likeness (QED) is 0.0120. The molecule has 4 heterocycles. The largest absolute Gasteiger partial charge is 0.271 e. The molecule has 0 fully saturated rings. The first kappa shape index (κ1) is 81.5. The summed E-state index contributed by atoms with van der Waals surface area (Å²) in [6.45, 7) is 17.5. The van der Waals surface area contributed by atoms with Crippen molar-refractivity contribution in [3.63, 3.8) is 0 Å². The van der Waals surface area contributed by atoms with Crippen molar-refractivity contribution in [3.05, 3.63) is 141 Å². The van der Waals surface area contributed by atoms with E-state index in [0.29, 0.717) is 124 Å². The fourth-order valence-electron chi connectivity index (χ4n) is 20.5. The Kier molecular flexibility index (Phi) is 26.3. The van der Waals surface area contributed by atoms with Crippen LogP contribution < -0.4 is 0 Å². The second-order valence-electron chi connectivity index (χ2n) is 34.2. The number of benzene rings is 10. The summed E-state index contributed by atoms with van der Waals surface area (Å²) in [6.07, 6.45) is 38.1. The Labute approximate surface area is 676 Å². The monoisotopic (exact) mass is 1530 g/mol. The second-order valence-corrected chi connectivity index (χ2v) is 34.2. The van der Waals surface area contributed by atoms with Gasteiger partial charge in [0.15, 0.2) is 0 Å². The maximum Gasteiger partial charge on any atom is 0.261 e. The maximum atomic E-state index is 16.3. The molecule has 10 aromatic carbocycles. The minimum absolute atomic E-state index is 0.261. The number of carbonyl (C=O) groups is 8. The predicted octanol–water partition coefficient (Wildman–Crippen LogP) is 26.8. The number of unbranched alkanes of at least 4 members (excludes halogenated alkanes) is 24. The number of rotatable bonds is 44. The van der Waals surface area contributed by atoms with Crippen LogP contribution in [0, 0.1) is 11.8 Å². The number of imide groups is 4. The predicted molar refractivity (Wildman–Crippen MR) is 469 cm³/mol. The molecule has 4 aliphatic heterocycles. The molecule has 0 bridgehead atoms. The van der Waals surface area contributed by atoms with Gasteiger partial charge in [-0.1, -0.05) is 309 Å². The lowest BCUT2D eigenvalue weighted by molar-refractivity contribution is 0.0501. The topological polar surface area (TPSA) is 150 Å². The summed E-state index contributed by atoms with van der Waals surface area (Å²) in [4.78, 5) is 133. The molecule has 14 rings (SSSR count). The van der Waals surface area contributed by atoms with Crippen LogP contribution in [0.4, 0.5) is 0 Å². The third-order valence-electron chi connectivity index (χ3n) is 26.5. The van der Waals surface area contributed by atoms with E-state index in [1.165, 1.54) is 0 Å². The summed E-state index contributed by atoms with van der Waals surface area (Å²) in [5.74, 6) is 5.04. The molecule has 0 saturated carbocycles. The summed E-state index contributed by atoms with van der Waals surface area (Å²) >= 11 is 0. The van der Waals surface area contributed by atoms with Gasteiger partial charge in [-0.15, -0.1) is 0 Å². The molecule has 114 heavy (non-hydrogen) atoms. The summed E-state index contributed by atoms with van der Waals surface area (Å²) in [6, 6.07) is 25.9. The van der Waals surface area contributed by atoms with Crippen LogP contribution in [0.15, 0.2) is 84.9 Å². The molecule has 0 saturated heterocycles. The van der Waals surface area contributed by atoms with Gasteiger partial charge in [0.05, 0.1) is 0 Å². The third kappa shape index (κ3) is 15.1. The highest BCUT2D eigenvalue weighted by Crippen LogP contribution is 2.52. The summed E-state index contributed by atoms with van der Waals surface area (Å²) < 4.78 is 0. The van der Waals surface area contributed by atoms with Crippen LogP contribution >= 0.6 is 0 Å². The molecule has 8 amide bonds. The van der Waals surface area contributed by atoms with E-state index in [9.17, 15) is 0 Å². The van der Waals surface area contributed by atoms with Gasteiger partial charge in [-0.3, -0.25) is 58.0 Å². The van der Waals surface area contributed by atoms with Crippen molar-refractivity contribution in [2.45, 2.75) is 336 Å². The number of fused-ring (bicyclic) bond motifs is 4. The first-order valence-electron chi connectivity index (χ1n) is 45.2. The van der Waals surface area contributed by atoms with Crippen LogP contribution in [0.5, 0.6) is 0 Å². The van der Waals surface area contributed by atoms with E-state index in [-0.39, 0.29) is 71.4 Å². The molecule has 0 N–H and O–H groups in total. The van der Waals surface area contributed by atoms with Crippen molar-refractivity contribution in [2.24, 2.45) is 0 Å². The third-order valence-corrected chi connectivity index (χ3v) is 26.5. The zero-order valence-corrected chi connectivity index (χ0v) is 69.7. The standard InChI is InChI=1S/C102H122N4O8/c1-9-17-25-33-41-67(42-34-26-18-10-2)103-95(107)77-57-51-71-73-53-59-81-91-83(101(113)105(99(81)111)69(45-37-29-21-13-5)46-38-30-22-14-6)63-65(85(93(73)91)75-55-61-79(97(103)109)89(77)87(71)75)49-50-66-64-84-92-82(100(112)106(102(84)114)70(47-39-31-23-15-7)48-40-32-24-16-8)60-54-74-72-52-58-78-90-80(62-56-76(88(72)90)86(66)94(74)92)98(110)104(96(78)108)68(43-35-27-19-11-3)44-36-28-20-12-4/h51-64,67-70H,9-48H2,1-8H3. The fourth-order valence-corrected chi connectivity index (χ4v) is 20.5. The highest BCUT2D eigenvalue weighted by atomic mass is 16.2. The minimum atomic E-state index is -0.364. The second kappa shape index (κ2) is 36.8. The number of carbonyl (C=O) groups excluding carboxylic acids is 8. The zero-order valence-electron chi connectivity index (χ0n) is 69.7. The van der Waals surface area contributed by atoms with Crippen molar-refractivity contribution in [3.8, 4) is 11.8 Å². The molecule has 0 radical (unpaired) electrons. The highest BCUT2D eigenvalue weighted by molar-refractivity contribution is 6.44. The molecule has 0 aliphatic carbocycles. The SMILES string of the molecule is CCCCCCC(CCCCCC)N1C(=O)c2ccc3c4ccc5c6c(cc(C#Cc7cc8c9c(ccc%10c%11ccc%12c%13c(ccc(c7c9%10)c%13%11)C(=O)N(C(CCCCCC)CCCCCC)C%12=O)C(=O)N(C(CCCCCC)CCCCCC)C8=O)c(c7ccc(c2c37)C1=O)c64)C(=O)N(C(CCCCCC)CCCCCC)C5=O. The van der Waals surface area contributed by atoms with Crippen LogP contribution in [0.3, 0.4) is 0 Å². The first-order chi connectivity index (χ1) is 55.7. The smallest absolute Gasteiger partial charge is 0.261 e. The average Bonchev–Trinajstić information content (AvgIpc) is 0.688. The van der Waals surface area contributed by atoms with Gasteiger partial charge in [0.2, 0.25) is 0 Å². The average molecular weight is 1530 g/mol. The van der Waals surface area contributed by atoms with E-state index < -0.39 is 0 Å². The molecular weight excluding hydrogens is 1410 g/mol. The molecular formula is C102H122N4O8. The Bertz CT molecular complexity index is 4960. The summed E-state index contributed by atoms with van der Waals surface area (Å²) in [7, 11) is 0. The van der Waals surface area contributed by atoms with Crippen LogP contribution in [0.1, 0.15) is 406 Å². The van der Waals surface area contributed by atoms with Crippen molar-refractivity contribution in [2.75, 3.05) is 0 Å². The van der Waals surface area contributed by atoms with Gasteiger partial charge in [-0.2, -0.15) is 0 Å². The molecule has 10 aromatic rings. The van der Waals surface area contributed by atoms with E-state index in [0.717, 1.165) is 274 Å². The van der Waals surface area contributed by atoms with Gasteiger partial charge in [0.25, 0.3) is 47.3 Å². The molecule has 0 unspecified atom stereocenters. The Morgan fingerprint density at radius 3 is 0.596 bits per heavy atom. The molecule has 0 atom stereocenters. The van der Waals surface area contributed by atoms with Crippen molar-refractivity contribution in [1.82, 2.24) is 19.6 Å². The molecule has 0 spiro atoms. The van der Waals surface area contributed by atoms with E-state index in [4.69, 9.17) is 0 Å². The number of hydrogen-bond donors (Lipinski definition) is 0. The molecule has 12 heteroatoms. The van der Waals surface area contributed by atoms with Crippen LogP contribution in [0.2, 0.25) is 0 Å². The van der Waals surface area contributed by atoms with Gasteiger partial charge in [0, 0.05) is 123 Å². The first-order valence-corrected chi connectivity index (χ1v) is 45.2. The lowest BCUT2D eigenvalue weighted by Gasteiger charge is -2.36. The Hall–Kier alpha value is -9.08. The lowest BCUT2D eigenvalue weighted by atomic mass is 9.79. The maximum absolute atomic E-state index is 16.3. The van der Waals surface area contributed by atoms with Gasteiger partial charge in [-0.25, -0.2) is 0 Å². The number of hydrogen-bond acceptors (Lipinski definition) is 8. The van der Waals surface area contributed by atoms with Gasteiger partial charge >= 0.3 is 0 Å². The van der Waals surface area contributed by atoms with Gasteiger partial charge in [-0.05, 0) is 143 Å². The van der Waals surface area contributed by atoms with Crippen molar-refractivity contribution >= 4 is 133 Å². The van der Waals surface area contributed by atoms with Crippen LogP contribution in [-0.2, 0) is 0 Å². The highest BCUT2D eigenvalue weighted by Gasteiger charge is 2.45. The molecule has 598 valence electrons. The Morgan fingerprint density at radius 1 is 0.202 bits per heavy atom. The summed E-state index contributed by atoms with van der Waals surface area (Å²) in [5, 5.41) is 11.0. The normalized spacial score (nSPS) is 14.5. The number of nitrogens with zero attached hydrogens (tertiary/aromatic N) is 4. The van der Waals surface area contributed by atoms with Gasteiger partial charge < -0.3 is 0 Å². The number of amides is 8. The summed E-state index contributed by atoms with van der Waals surface area (Å²) in [5.41, 5.74) is 4.46. The van der Waals surface area contributed by atoms with Gasteiger partial charge in [0.1, 0.15) is 0 Å². The van der Waals surface area contributed by atoms with E-state index in [1.54, 1.807) is 19.6 Å². The minimum Gasteiger partial charge on any atom is -0.271 e. The van der Waals surface area contributed by atoms with Crippen molar-refractivity contribution < 1.29 is 38.4 Å². The molecule has 0 aromatic heterocycles. The van der Waals surface area contributed by atoms with Crippen molar-refractivity contribution in [1.29, 1.82) is 0 Å². The van der Waals surface area contributed by atoms with E-state index in [2.05, 4.69) is 67.2 Å². The Balaban J connectivity index is 1.03. The molecule has 12 nitrogen and oxygen atoms in total. The van der Waals surface area contributed by atoms with Crippen LogP contribution in [0.25, 0.3) is 86.2 Å². The lowest BCUT2D eigenvalue weighted by Crippen LogP contribution is -2.47. The fraction of sp³-hybridized carbons (Fsp3) is 0.510. The van der Waals surface area contributed by atoms with E-state index in [1.807, 2.05) is 84.9 Å². The Morgan fingerprint density at radius 2 is 0.386 bits per heavy atom. The zero-order chi connectivity index (χ0) is 79.8. The molecule has 4 aliphatic rings. The van der Waals surface area contributed by atoms with E-state index >= 15 is 38.4 Å². The van der Waals surface area contributed by atoms with Crippen LogP contribution in [-0.4, -0.2) is 91.0 Å².